The third kappa shape index (κ3) is 5.98. The van der Waals surface area contributed by atoms with Gasteiger partial charge in [-0.1, -0.05) is 71.7 Å². The van der Waals surface area contributed by atoms with E-state index >= 15 is 0 Å². The zero-order valence-electron chi connectivity index (χ0n) is 15.3. The van der Waals surface area contributed by atoms with Gasteiger partial charge in [0.15, 0.2) is 0 Å². The van der Waals surface area contributed by atoms with Crippen LogP contribution in [-0.4, -0.2) is 11.8 Å². The summed E-state index contributed by atoms with van der Waals surface area (Å²) >= 11 is 11.9. The Bertz CT molecular complexity index is 1010. The van der Waals surface area contributed by atoms with E-state index in [2.05, 4.69) is 10.6 Å². The van der Waals surface area contributed by atoms with Crippen molar-refractivity contribution in [2.24, 2.45) is 0 Å². The van der Waals surface area contributed by atoms with Crippen LogP contribution in [0, 0.1) is 0 Å². The normalized spacial score (nSPS) is 10.3. The van der Waals surface area contributed by atoms with Gasteiger partial charge in [-0.05, 0) is 35.4 Å². The number of ether oxygens (including phenoxy) is 1. The average molecular weight is 429 g/mol. The molecule has 3 aromatic rings. The second-order valence-corrected chi connectivity index (χ2v) is 6.95. The van der Waals surface area contributed by atoms with Gasteiger partial charge in [-0.2, -0.15) is 0 Å². The lowest BCUT2D eigenvalue weighted by Crippen LogP contribution is -2.35. The van der Waals surface area contributed by atoms with Gasteiger partial charge < -0.3 is 15.4 Å². The summed E-state index contributed by atoms with van der Waals surface area (Å²) in [6.45, 7) is 0.623. The number of carbonyl (C=O) groups is 2. The Balaban J connectivity index is 1.53. The number of anilines is 1. The molecule has 3 rings (SSSR count). The molecule has 0 heterocycles. The van der Waals surface area contributed by atoms with Crippen molar-refractivity contribution < 1.29 is 14.3 Å². The second kappa shape index (κ2) is 9.96. The maximum atomic E-state index is 12.1. The van der Waals surface area contributed by atoms with Crippen LogP contribution in [0.5, 0.6) is 5.75 Å². The van der Waals surface area contributed by atoms with E-state index < -0.39 is 11.8 Å². The van der Waals surface area contributed by atoms with Crippen molar-refractivity contribution >= 4 is 40.7 Å². The molecule has 148 valence electrons. The van der Waals surface area contributed by atoms with Crippen molar-refractivity contribution in [2.45, 2.75) is 13.2 Å². The number of amides is 2. The maximum absolute atomic E-state index is 12.1. The van der Waals surface area contributed by atoms with Gasteiger partial charge in [-0.25, -0.2) is 0 Å². The Morgan fingerprint density at radius 3 is 2.34 bits per heavy atom. The average Bonchev–Trinajstić information content (AvgIpc) is 2.75. The van der Waals surface area contributed by atoms with Crippen molar-refractivity contribution in [1.29, 1.82) is 0 Å². The Hall–Kier alpha value is -3.02. The van der Waals surface area contributed by atoms with Crippen LogP contribution in [0.3, 0.4) is 0 Å². The van der Waals surface area contributed by atoms with Gasteiger partial charge in [0, 0.05) is 6.54 Å². The highest BCUT2D eigenvalue weighted by Crippen LogP contribution is 2.29. The number of nitrogens with one attached hydrogen (secondary N) is 2. The highest BCUT2D eigenvalue weighted by atomic mass is 35.5. The van der Waals surface area contributed by atoms with E-state index in [0.29, 0.717) is 12.4 Å². The molecule has 2 amide bonds. The molecular weight excluding hydrogens is 411 g/mol. The molecule has 0 spiro atoms. The standard InChI is InChI=1S/C22H18Cl2N2O3/c23-18-10-5-11-19(20(18)24)26-22(28)21(27)25-13-16-8-4-9-17(12-16)29-14-15-6-2-1-3-7-15/h1-12H,13-14H2,(H,25,27)(H,26,28). The lowest BCUT2D eigenvalue weighted by Gasteiger charge is -2.10. The highest BCUT2D eigenvalue weighted by Gasteiger charge is 2.15. The molecule has 0 aliphatic heterocycles. The molecule has 0 bridgehead atoms. The zero-order chi connectivity index (χ0) is 20.6. The molecular formula is C22H18Cl2N2O3. The van der Waals surface area contributed by atoms with E-state index in [4.69, 9.17) is 27.9 Å². The third-order valence-electron chi connectivity index (χ3n) is 4.01. The molecule has 0 aliphatic carbocycles. The number of hydrogen-bond acceptors (Lipinski definition) is 3. The van der Waals surface area contributed by atoms with Crippen LogP contribution in [0.4, 0.5) is 5.69 Å². The van der Waals surface area contributed by atoms with E-state index in [1.165, 1.54) is 0 Å². The van der Waals surface area contributed by atoms with E-state index in [-0.39, 0.29) is 22.3 Å². The first-order chi connectivity index (χ1) is 14.0. The van der Waals surface area contributed by atoms with Crippen LogP contribution in [0.1, 0.15) is 11.1 Å². The molecule has 0 atom stereocenters. The van der Waals surface area contributed by atoms with Crippen LogP contribution in [-0.2, 0) is 22.7 Å². The van der Waals surface area contributed by atoms with Gasteiger partial charge in [-0.15, -0.1) is 0 Å². The fraction of sp³-hybridized carbons (Fsp3) is 0.0909. The number of carbonyl (C=O) groups excluding carboxylic acids is 2. The highest BCUT2D eigenvalue weighted by molar-refractivity contribution is 6.45. The minimum atomic E-state index is -0.828. The predicted octanol–water partition coefficient (Wildman–Crippen LogP) is 4.83. The summed E-state index contributed by atoms with van der Waals surface area (Å²) < 4.78 is 5.77. The minimum absolute atomic E-state index is 0.179. The number of rotatable bonds is 6. The molecule has 0 saturated heterocycles. The predicted molar refractivity (Wildman–Crippen MR) is 114 cm³/mol. The van der Waals surface area contributed by atoms with Crippen LogP contribution in [0.2, 0.25) is 10.0 Å². The van der Waals surface area contributed by atoms with Crippen molar-refractivity contribution in [1.82, 2.24) is 5.32 Å². The first-order valence-corrected chi connectivity index (χ1v) is 9.57. The monoisotopic (exact) mass is 428 g/mol. The summed E-state index contributed by atoms with van der Waals surface area (Å²) in [5.74, 6) is -0.932. The number of benzene rings is 3. The van der Waals surface area contributed by atoms with Gasteiger partial charge in [0.1, 0.15) is 12.4 Å². The minimum Gasteiger partial charge on any atom is -0.489 e. The molecule has 0 unspecified atom stereocenters. The van der Waals surface area contributed by atoms with Gasteiger partial charge >= 0.3 is 11.8 Å². The molecule has 0 aliphatic rings. The molecule has 2 N–H and O–H groups in total. The molecule has 3 aromatic carbocycles. The van der Waals surface area contributed by atoms with Crippen molar-refractivity contribution in [3.8, 4) is 5.75 Å². The molecule has 5 nitrogen and oxygen atoms in total. The Kier molecular flexibility index (Phi) is 7.11. The van der Waals surface area contributed by atoms with Crippen molar-refractivity contribution in [3.63, 3.8) is 0 Å². The van der Waals surface area contributed by atoms with Gasteiger partial charge in [0.2, 0.25) is 0 Å². The molecule has 0 fully saturated rings. The molecule has 29 heavy (non-hydrogen) atoms. The Morgan fingerprint density at radius 1 is 0.828 bits per heavy atom. The summed E-state index contributed by atoms with van der Waals surface area (Å²) in [7, 11) is 0. The summed E-state index contributed by atoms with van der Waals surface area (Å²) in [4.78, 5) is 24.2. The lowest BCUT2D eigenvalue weighted by atomic mass is 10.2. The first kappa shape index (κ1) is 20.7. The molecule has 0 aromatic heterocycles. The third-order valence-corrected chi connectivity index (χ3v) is 4.82. The topological polar surface area (TPSA) is 67.4 Å². The van der Waals surface area contributed by atoms with Gasteiger partial charge in [-0.3, -0.25) is 9.59 Å². The van der Waals surface area contributed by atoms with Crippen LogP contribution in [0.15, 0.2) is 72.8 Å². The van der Waals surface area contributed by atoms with Crippen LogP contribution in [0.25, 0.3) is 0 Å². The summed E-state index contributed by atoms with van der Waals surface area (Å²) in [6.07, 6.45) is 0. The van der Waals surface area contributed by atoms with E-state index in [1.807, 2.05) is 54.6 Å². The second-order valence-electron chi connectivity index (χ2n) is 6.16. The summed E-state index contributed by atoms with van der Waals surface area (Å²) in [5, 5.41) is 5.48. The van der Waals surface area contributed by atoms with E-state index in [9.17, 15) is 9.59 Å². The maximum Gasteiger partial charge on any atom is 0.313 e. The number of halogens is 2. The SMILES string of the molecule is O=C(NCc1cccc(OCc2ccccc2)c1)C(=O)Nc1cccc(Cl)c1Cl. The molecule has 0 saturated carbocycles. The zero-order valence-corrected chi connectivity index (χ0v) is 16.8. The van der Waals surface area contributed by atoms with Crippen LogP contribution >= 0.6 is 23.2 Å². The van der Waals surface area contributed by atoms with Gasteiger partial charge in [0.05, 0.1) is 15.7 Å². The Morgan fingerprint density at radius 2 is 1.55 bits per heavy atom. The first-order valence-electron chi connectivity index (χ1n) is 8.82. The molecule has 7 heteroatoms. The quantitative estimate of drug-likeness (QED) is 0.552. The van der Waals surface area contributed by atoms with E-state index in [1.54, 1.807) is 18.2 Å². The lowest BCUT2D eigenvalue weighted by molar-refractivity contribution is -0.136. The van der Waals surface area contributed by atoms with Crippen LogP contribution < -0.4 is 15.4 Å². The fourth-order valence-corrected chi connectivity index (χ4v) is 2.88. The van der Waals surface area contributed by atoms with Crippen molar-refractivity contribution in [2.75, 3.05) is 5.32 Å². The van der Waals surface area contributed by atoms with Crippen molar-refractivity contribution in [3.05, 3.63) is 94.0 Å². The van der Waals surface area contributed by atoms with E-state index in [0.717, 1.165) is 11.1 Å². The largest absolute Gasteiger partial charge is 0.489 e. The fourth-order valence-electron chi connectivity index (χ4n) is 2.53. The summed E-state index contributed by atoms with van der Waals surface area (Å²) in [6, 6.07) is 21.9. The van der Waals surface area contributed by atoms with Gasteiger partial charge in [0.25, 0.3) is 0 Å². The Labute approximate surface area is 178 Å². The molecule has 0 radical (unpaired) electrons. The summed E-state index contributed by atoms with van der Waals surface area (Å²) in [5.41, 5.74) is 2.13. The number of hydrogen-bond donors (Lipinski definition) is 2. The smallest absolute Gasteiger partial charge is 0.313 e.